The first-order valence-corrected chi connectivity index (χ1v) is 9.91. The van der Waals surface area contributed by atoms with Gasteiger partial charge in [-0.25, -0.2) is 0 Å². The molecule has 1 unspecified atom stereocenters. The molecule has 0 aromatic heterocycles. The van der Waals surface area contributed by atoms with Gasteiger partial charge < -0.3 is 26.0 Å². The lowest BCUT2D eigenvalue weighted by Gasteiger charge is -2.11. The molecule has 2 aromatic carbocycles. The molecule has 1 heterocycles. The molecule has 3 rings (SSSR count). The Morgan fingerprint density at radius 3 is 2.17 bits per heavy atom. The highest BCUT2D eigenvalue weighted by molar-refractivity contribution is 5.97. The quantitative estimate of drug-likeness (QED) is 0.532. The van der Waals surface area contributed by atoms with Crippen molar-refractivity contribution in [3.8, 4) is 0 Å². The van der Waals surface area contributed by atoms with Crippen LogP contribution in [0.4, 0.5) is 11.4 Å². The van der Waals surface area contributed by atoms with Gasteiger partial charge >= 0.3 is 0 Å². The van der Waals surface area contributed by atoms with E-state index >= 15 is 0 Å². The Bertz CT molecular complexity index is 875. The average molecular weight is 410 g/mol. The summed E-state index contributed by atoms with van der Waals surface area (Å²) >= 11 is 0. The predicted octanol–water partition coefficient (Wildman–Crippen LogP) is 2.01. The molecule has 2 aromatic rings. The van der Waals surface area contributed by atoms with Crippen LogP contribution in [0.3, 0.4) is 0 Å². The van der Waals surface area contributed by atoms with Crippen molar-refractivity contribution in [3.05, 3.63) is 59.7 Å². The van der Waals surface area contributed by atoms with E-state index in [1.54, 1.807) is 55.6 Å². The molecule has 0 spiro atoms. The predicted molar refractivity (Wildman–Crippen MR) is 115 cm³/mol. The van der Waals surface area contributed by atoms with Crippen LogP contribution in [0, 0.1) is 0 Å². The van der Waals surface area contributed by atoms with Crippen molar-refractivity contribution in [2.45, 2.75) is 18.9 Å². The lowest BCUT2D eigenvalue weighted by atomic mass is 10.2. The average Bonchev–Trinajstić information content (AvgIpc) is 3.30. The van der Waals surface area contributed by atoms with E-state index in [2.05, 4.69) is 21.3 Å². The second-order valence-corrected chi connectivity index (χ2v) is 6.98. The first kappa shape index (κ1) is 21.3. The maximum Gasteiger partial charge on any atom is 0.251 e. The van der Waals surface area contributed by atoms with E-state index in [0.29, 0.717) is 23.4 Å². The van der Waals surface area contributed by atoms with Gasteiger partial charge in [-0.3, -0.25) is 14.4 Å². The number of rotatable bonds is 8. The minimum atomic E-state index is -0.221. The Balaban J connectivity index is 1.43. The number of hydrogen-bond donors (Lipinski definition) is 4. The monoisotopic (exact) mass is 410 g/mol. The van der Waals surface area contributed by atoms with E-state index in [4.69, 9.17) is 4.74 Å². The Labute approximate surface area is 175 Å². The zero-order valence-corrected chi connectivity index (χ0v) is 16.9. The number of carbonyl (C=O) groups is 3. The Kier molecular flexibility index (Phi) is 7.40. The summed E-state index contributed by atoms with van der Waals surface area (Å²) in [6, 6.07) is 13.6. The highest BCUT2D eigenvalue weighted by Gasteiger charge is 2.16. The molecule has 30 heavy (non-hydrogen) atoms. The molecule has 1 atom stereocenters. The molecule has 0 bridgehead atoms. The number of hydrogen-bond acceptors (Lipinski definition) is 5. The zero-order chi connectivity index (χ0) is 21.3. The van der Waals surface area contributed by atoms with Crippen LogP contribution < -0.4 is 21.3 Å². The maximum absolute atomic E-state index is 12.2. The summed E-state index contributed by atoms with van der Waals surface area (Å²) in [6.45, 7) is 1.35. The summed E-state index contributed by atoms with van der Waals surface area (Å²) in [5.41, 5.74) is 2.41. The summed E-state index contributed by atoms with van der Waals surface area (Å²) in [6.07, 6.45) is 2.12. The van der Waals surface area contributed by atoms with Gasteiger partial charge in [0, 0.05) is 42.7 Å². The van der Waals surface area contributed by atoms with Gasteiger partial charge in [-0.1, -0.05) is 0 Å². The van der Waals surface area contributed by atoms with E-state index in [1.165, 1.54) is 0 Å². The largest absolute Gasteiger partial charge is 0.376 e. The molecule has 1 saturated heterocycles. The van der Waals surface area contributed by atoms with Crippen LogP contribution in [-0.4, -0.2) is 50.6 Å². The first-order chi connectivity index (χ1) is 14.5. The van der Waals surface area contributed by atoms with Crippen LogP contribution in [-0.2, 0) is 9.53 Å². The number of anilines is 2. The number of ether oxygens (including phenoxy) is 1. The fourth-order valence-corrected chi connectivity index (χ4v) is 3.09. The van der Waals surface area contributed by atoms with Crippen molar-refractivity contribution in [2.24, 2.45) is 0 Å². The molecule has 8 nitrogen and oxygen atoms in total. The normalized spacial score (nSPS) is 15.3. The van der Waals surface area contributed by atoms with E-state index in [9.17, 15) is 14.4 Å². The zero-order valence-electron chi connectivity index (χ0n) is 16.9. The molecule has 1 aliphatic rings. The summed E-state index contributed by atoms with van der Waals surface area (Å²) in [5, 5.41) is 11.2. The number of benzene rings is 2. The molecule has 0 saturated carbocycles. The number of nitrogens with one attached hydrogen (secondary N) is 4. The van der Waals surface area contributed by atoms with Crippen LogP contribution in [0.25, 0.3) is 0 Å². The van der Waals surface area contributed by atoms with Gasteiger partial charge in [0.15, 0.2) is 0 Å². The molecule has 4 N–H and O–H groups in total. The van der Waals surface area contributed by atoms with Crippen LogP contribution in [0.15, 0.2) is 48.5 Å². The van der Waals surface area contributed by atoms with Crippen LogP contribution in [0.5, 0.6) is 0 Å². The molecule has 3 amide bonds. The smallest absolute Gasteiger partial charge is 0.251 e. The fraction of sp³-hybridized carbons (Fsp3) is 0.318. The molecule has 158 valence electrons. The summed E-state index contributed by atoms with van der Waals surface area (Å²) in [5.74, 6) is -0.547. The standard InChI is InChI=1S/C22H26N4O4/c1-23-21(28)15-6-10-18(11-7-15)26-20(27)14-24-17-8-4-16(5-9-17)22(29)25-13-19-3-2-12-30-19/h4-11,19,24H,2-3,12-14H2,1H3,(H,23,28)(H,25,29)(H,26,27). The van der Waals surface area contributed by atoms with Crippen LogP contribution in [0.1, 0.15) is 33.6 Å². The summed E-state index contributed by atoms with van der Waals surface area (Å²) < 4.78 is 5.50. The van der Waals surface area contributed by atoms with Crippen molar-refractivity contribution in [1.29, 1.82) is 0 Å². The second kappa shape index (κ2) is 10.4. The molecule has 0 aliphatic carbocycles. The van der Waals surface area contributed by atoms with Gasteiger partial charge in [-0.2, -0.15) is 0 Å². The van der Waals surface area contributed by atoms with Gasteiger partial charge in [-0.15, -0.1) is 0 Å². The molecular weight excluding hydrogens is 384 g/mol. The maximum atomic E-state index is 12.2. The summed E-state index contributed by atoms with van der Waals surface area (Å²) in [4.78, 5) is 35.8. The fourth-order valence-electron chi connectivity index (χ4n) is 3.09. The lowest BCUT2D eigenvalue weighted by Crippen LogP contribution is -2.31. The van der Waals surface area contributed by atoms with Gasteiger partial charge in [0.1, 0.15) is 0 Å². The van der Waals surface area contributed by atoms with E-state index in [1.807, 2.05) is 0 Å². The van der Waals surface area contributed by atoms with Gasteiger partial charge in [0.2, 0.25) is 5.91 Å². The molecule has 1 aliphatic heterocycles. The van der Waals surface area contributed by atoms with Gasteiger partial charge in [-0.05, 0) is 61.4 Å². The highest BCUT2D eigenvalue weighted by Crippen LogP contribution is 2.13. The van der Waals surface area contributed by atoms with Crippen molar-refractivity contribution in [2.75, 3.05) is 37.4 Å². The lowest BCUT2D eigenvalue weighted by molar-refractivity contribution is -0.114. The van der Waals surface area contributed by atoms with Crippen molar-refractivity contribution in [3.63, 3.8) is 0 Å². The molecule has 1 fully saturated rings. The van der Waals surface area contributed by atoms with Crippen LogP contribution >= 0.6 is 0 Å². The van der Waals surface area contributed by atoms with E-state index in [-0.39, 0.29) is 30.4 Å². The Hall–Kier alpha value is -3.39. The minimum absolute atomic E-state index is 0.0712. The highest BCUT2D eigenvalue weighted by atomic mass is 16.5. The molecule has 8 heteroatoms. The third-order valence-corrected chi connectivity index (χ3v) is 4.77. The van der Waals surface area contributed by atoms with E-state index < -0.39 is 0 Å². The minimum Gasteiger partial charge on any atom is -0.376 e. The third kappa shape index (κ3) is 6.05. The van der Waals surface area contributed by atoms with Gasteiger partial charge in [0.25, 0.3) is 11.8 Å². The Morgan fingerprint density at radius 1 is 0.933 bits per heavy atom. The number of amides is 3. The SMILES string of the molecule is CNC(=O)c1ccc(NC(=O)CNc2ccc(C(=O)NCC3CCCO3)cc2)cc1. The van der Waals surface area contributed by atoms with Crippen molar-refractivity contribution in [1.82, 2.24) is 10.6 Å². The van der Waals surface area contributed by atoms with Gasteiger partial charge in [0.05, 0.1) is 12.6 Å². The topological polar surface area (TPSA) is 109 Å². The van der Waals surface area contributed by atoms with Crippen molar-refractivity contribution >= 4 is 29.1 Å². The van der Waals surface area contributed by atoms with E-state index in [0.717, 1.165) is 25.1 Å². The van der Waals surface area contributed by atoms with Crippen molar-refractivity contribution < 1.29 is 19.1 Å². The third-order valence-electron chi connectivity index (χ3n) is 4.77. The number of carbonyl (C=O) groups excluding carboxylic acids is 3. The second-order valence-electron chi connectivity index (χ2n) is 6.98. The first-order valence-electron chi connectivity index (χ1n) is 9.91. The molecular formula is C22H26N4O4. The Morgan fingerprint density at radius 2 is 1.57 bits per heavy atom. The molecule has 0 radical (unpaired) electrons. The van der Waals surface area contributed by atoms with Crippen LogP contribution in [0.2, 0.25) is 0 Å². The summed E-state index contributed by atoms with van der Waals surface area (Å²) in [7, 11) is 1.56.